The number of likely N-dealkylation sites (tertiary alicyclic amines) is 1. The Morgan fingerprint density at radius 2 is 1.83 bits per heavy atom. The SMILES string of the molecule is COc1ccc2cccc(CC(=O)N3CC(C(=O)O)C(c4ccccc4)C3)c2c1. The van der Waals surface area contributed by atoms with Gasteiger partial charge in [-0.2, -0.15) is 0 Å². The van der Waals surface area contributed by atoms with Crippen LogP contribution in [0.15, 0.2) is 66.7 Å². The normalized spacial score (nSPS) is 18.7. The summed E-state index contributed by atoms with van der Waals surface area (Å²) in [5.41, 5.74) is 1.88. The zero-order valence-electron chi connectivity index (χ0n) is 16.2. The number of fused-ring (bicyclic) bond motifs is 1. The zero-order chi connectivity index (χ0) is 20.4. The van der Waals surface area contributed by atoms with Crippen molar-refractivity contribution in [3.8, 4) is 5.75 Å². The fourth-order valence-corrected chi connectivity index (χ4v) is 4.17. The van der Waals surface area contributed by atoms with Crippen molar-refractivity contribution in [3.63, 3.8) is 0 Å². The summed E-state index contributed by atoms with van der Waals surface area (Å²) < 4.78 is 5.32. The number of benzene rings is 3. The highest BCUT2D eigenvalue weighted by Crippen LogP contribution is 2.33. The number of carbonyl (C=O) groups excluding carboxylic acids is 1. The molecule has 0 saturated carbocycles. The van der Waals surface area contributed by atoms with Gasteiger partial charge in [0.1, 0.15) is 5.75 Å². The van der Waals surface area contributed by atoms with Crippen molar-refractivity contribution < 1.29 is 19.4 Å². The minimum atomic E-state index is -0.857. The minimum absolute atomic E-state index is 0.0509. The highest BCUT2D eigenvalue weighted by Gasteiger charge is 2.40. The number of hydrogen-bond acceptors (Lipinski definition) is 3. The molecule has 2 unspecified atom stereocenters. The second kappa shape index (κ2) is 7.95. The topological polar surface area (TPSA) is 66.8 Å². The first-order chi connectivity index (χ1) is 14.1. The molecule has 1 fully saturated rings. The van der Waals surface area contributed by atoms with Gasteiger partial charge in [-0.25, -0.2) is 0 Å². The van der Waals surface area contributed by atoms with Crippen LogP contribution in [0.3, 0.4) is 0 Å². The third kappa shape index (κ3) is 3.81. The van der Waals surface area contributed by atoms with Gasteiger partial charge in [0.15, 0.2) is 0 Å². The van der Waals surface area contributed by atoms with E-state index in [1.165, 1.54) is 0 Å². The van der Waals surface area contributed by atoms with Gasteiger partial charge in [0.05, 0.1) is 19.4 Å². The van der Waals surface area contributed by atoms with E-state index in [0.717, 1.165) is 27.6 Å². The van der Waals surface area contributed by atoms with Gasteiger partial charge < -0.3 is 14.7 Å². The van der Waals surface area contributed by atoms with Crippen molar-refractivity contribution >= 4 is 22.6 Å². The third-order valence-corrected chi connectivity index (χ3v) is 5.74. The van der Waals surface area contributed by atoms with Crippen LogP contribution in [0.25, 0.3) is 10.8 Å². The lowest BCUT2D eigenvalue weighted by molar-refractivity contribution is -0.141. The van der Waals surface area contributed by atoms with Crippen molar-refractivity contribution in [2.75, 3.05) is 20.2 Å². The summed E-state index contributed by atoms with van der Waals surface area (Å²) >= 11 is 0. The lowest BCUT2D eigenvalue weighted by atomic mass is 9.89. The molecule has 148 valence electrons. The minimum Gasteiger partial charge on any atom is -0.497 e. The molecule has 0 aliphatic carbocycles. The Labute approximate surface area is 169 Å². The molecule has 1 amide bonds. The molecule has 1 saturated heterocycles. The standard InChI is InChI=1S/C24H23NO4/c1-29-19-11-10-17-8-5-9-18(20(17)13-19)12-23(26)25-14-21(22(15-25)24(27)28)16-6-3-2-4-7-16/h2-11,13,21-22H,12,14-15H2,1H3,(H,27,28). The number of hydrogen-bond donors (Lipinski definition) is 1. The van der Waals surface area contributed by atoms with Crippen molar-refractivity contribution in [2.24, 2.45) is 5.92 Å². The van der Waals surface area contributed by atoms with Crippen LogP contribution in [0.4, 0.5) is 0 Å². The van der Waals surface area contributed by atoms with Crippen molar-refractivity contribution in [3.05, 3.63) is 77.9 Å². The van der Waals surface area contributed by atoms with Gasteiger partial charge in [-0.1, -0.05) is 54.6 Å². The number of carboxylic acid groups (broad SMARTS) is 1. The smallest absolute Gasteiger partial charge is 0.308 e. The van der Waals surface area contributed by atoms with Crippen LogP contribution in [-0.2, 0) is 16.0 Å². The predicted octanol–water partition coefficient (Wildman–Crippen LogP) is 3.72. The summed E-state index contributed by atoms with van der Waals surface area (Å²) in [6.45, 7) is 0.662. The maximum Gasteiger partial charge on any atom is 0.308 e. The Hall–Kier alpha value is -3.34. The molecule has 0 bridgehead atoms. The predicted molar refractivity (Wildman–Crippen MR) is 111 cm³/mol. The van der Waals surface area contributed by atoms with Gasteiger partial charge in [0, 0.05) is 19.0 Å². The molecular formula is C24H23NO4. The first kappa shape index (κ1) is 19.0. The molecule has 0 spiro atoms. The summed E-state index contributed by atoms with van der Waals surface area (Å²) in [6.07, 6.45) is 0.234. The van der Waals surface area contributed by atoms with E-state index in [1.807, 2.05) is 66.7 Å². The number of carboxylic acids is 1. The van der Waals surface area contributed by atoms with Crippen LogP contribution in [0.5, 0.6) is 5.75 Å². The molecule has 1 aliphatic heterocycles. The lowest BCUT2D eigenvalue weighted by Gasteiger charge is -2.17. The molecule has 3 aromatic carbocycles. The number of aliphatic carboxylic acids is 1. The van der Waals surface area contributed by atoms with E-state index in [2.05, 4.69) is 0 Å². The van der Waals surface area contributed by atoms with E-state index < -0.39 is 11.9 Å². The largest absolute Gasteiger partial charge is 0.497 e. The fourth-order valence-electron chi connectivity index (χ4n) is 4.17. The van der Waals surface area contributed by atoms with E-state index in [1.54, 1.807) is 12.0 Å². The van der Waals surface area contributed by atoms with Crippen LogP contribution in [0.2, 0.25) is 0 Å². The molecule has 29 heavy (non-hydrogen) atoms. The molecule has 5 heteroatoms. The Morgan fingerprint density at radius 3 is 2.55 bits per heavy atom. The highest BCUT2D eigenvalue weighted by molar-refractivity contribution is 5.91. The van der Waals surface area contributed by atoms with Gasteiger partial charge in [-0.15, -0.1) is 0 Å². The van der Waals surface area contributed by atoms with Crippen LogP contribution in [0.1, 0.15) is 17.0 Å². The van der Waals surface area contributed by atoms with Crippen molar-refractivity contribution in [2.45, 2.75) is 12.3 Å². The number of amides is 1. The monoisotopic (exact) mass is 389 g/mol. The van der Waals surface area contributed by atoms with E-state index in [0.29, 0.717) is 6.54 Å². The van der Waals surface area contributed by atoms with Gasteiger partial charge in [-0.3, -0.25) is 9.59 Å². The molecule has 1 aliphatic rings. The summed E-state index contributed by atoms with van der Waals surface area (Å²) in [5.74, 6) is -0.943. The number of carbonyl (C=O) groups is 2. The first-order valence-corrected chi connectivity index (χ1v) is 9.68. The summed E-state index contributed by atoms with van der Waals surface area (Å²) in [5, 5.41) is 11.7. The average Bonchev–Trinajstić information content (AvgIpc) is 3.20. The Morgan fingerprint density at radius 1 is 1.03 bits per heavy atom. The van der Waals surface area contributed by atoms with Gasteiger partial charge in [0.2, 0.25) is 5.91 Å². The lowest BCUT2D eigenvalue weighted by Crippen LogP contribution is -2.31. The third-order valence-electron chi connectivity index (χ3n) is 5.74. The second-order valence-electron chi connectivity index (χ2n) is 7.44. The summed E-state index contributed by atoms with van der Waals surface area (Å²) in [4.78, 5) is 26.6. The number of ether oxygens (including phenoxy) is 1. The Kier molecular flexibility index (Phi) is 5.21. The molecule has 1 N–H and O–H groups in total. The maximum absolute atomic E-state index is 13.1. The Balaban J connectivity index is 1.58. The number of methoxy groups -OCH3 is 1. The van der Waals surface area contributed by atoms with Gasteiger partial charge >= 0.3 is 5.97 Å². The quantitative estimate of drug-likeness (QED) is 0.722. The van der Waals surface area contributed by atoms with E-state index >= 15 is 0 Å². The average molecular weight is 389 g/mol. The van der Waals surface area contributed by atoms with Crippen LogP contribution >= 0.6 is 0 Å². The molecule has 5 nitrogen and oxygen atoms in total. The molecule has 1 heterocycles. The zero-order valence-corrected chi connectivity index (χ0v) is 16.2. The molecular weight excluding hydrogens is 366 g/mol. The first-order valence-electron chi connectivity index (χ1n) is 9.68. The highest BCUT2D eigenvalue weighted by atomic mass is 16.5. The summed E-state index contributed by atoms with van der Waals surface area (Å²) in [7, 11) is 1.62. The molecule has 3 aromatic rings. The second-order valence-corrected chi connectivity index (χ2v) is 7.44. The van der Waals surface area contributed by atoms with Crippen LogP contribution in [0, 0.1) is 5.92 Å². The van der Waals surface area contributed by atoms with E-state index in [-0.39, 0.29) is 24.8 Å². The van der Waals surface area contributed by atoms with Crippen LogP contribution in [-0.4, -0.2) is 42.1 Å². The Bertz CT molecular complexity index is 1050. The fraction of sp³-hybridized carbons (Fsp3) is 0.250. The molecule has 2 atom stereocenters. The van der Waals surface area contributed by atoms with Crippen LogP contribution < -0.4 is 4.74 Å². The number of rotatable bonds is 5. The molecule has 0 aromatic heterocycles. The van der Waals surface area contributed by atoms with Crippen molar-refractivity contribution in [1.82, 2.24) is 4.90 Å². The molecule has 0 radical (unpaired) electrons. The van der Waals surface area contributed by atoms with Crippen molar-refractivity contribution in [1.29, 1.82) is 0 Å². The van der Waals surface area contributed by atoms with Gasteiger partial charge in [0.25, 0.3) is 0 Å². The van der Waals surface area contributed by atoms with E-state index in [4.69, 9.17) is 4.74 Å². The van der Waals surface area contributed by atoms with Gasteiger partial charge in [-0.05, 0) is 34.0 Å². The number of nitrogens with zero attached hydrogens (tertiary/aromatic N) is 1. The maximum atomic E-state index is 13.1. The molecule has 4 rings (SSSR count). The summed E-state index contributed by atoms with van der Waals surface area (Å²) in [6, 6.07) is 21.3. The van der Waals surface area contributed by atoms with E-state index in [9.17, 15) is 14.7 Å².